The number of hydrogen-bond acceptors (Lipinski definition) is 4. The largest absolute Gasteiger partial charge is 0.340 e. The molecule has 2 aromatic rings. The van der Waals surface area contributed by atoms with E-state index in [2.05, 4.69) is 4.98 Å². The van der Waals surface area contributed by atoms with Gasteiger partial charge in [0.25, 0.3) is 5.91 Å². The Labute approximate surface area is 131 Å². The van der Waals surface area contributed by atoms with Gasteiger partial charge in [0.15, 0.2) is 0 Å². The lowest BCUT2D eigenvalue weighted by atomic mass is 9.85. The van der Waals surface area contributed by atoms with Crippen molar-refractivity contribution in [2.45, 2.75) is 19.3 Å². The third-order valence-corrected chi connectivity index (χ3v) is 5.85. The van der Waals surface area contributed by atoms with Crippen LogP contribution in [0, 0.1) is 5.92 Å². The maximum Gasteiger partial charge on any atom is 0.273 e. The monoisotopic (exact) mass is 326 g/mol. The molecule has 6 heteroatoms. The van der Waals surface area contributed by atoms with Gasteiger partial charge < -0.3 is 4.90 Å². The van der Waals surface area contributed by atoms with Crippen molar-refractivity contribution < 1.29 is 4.79 Å². The van der Waals surface area contributed by atoms with E-state index in [1.807, 2.05) is 24.6 Å². The number of thiophene rings is 1. The van der Waals surface area contributed by atoms with Crippen molar-refractivity contribution in [1.29, 1.82) is 0 Å². The number of rotatable bonds is 4. The van der Waals surface area contributed by atoms with Gasteiger partial charge in [0.2, 0.25) is 0 Å². The summed E-state index contributed by atoms with van der Waals surface area (Å²) in [5.74, 6) is 0.695. The Hall–Kier alpha value is -0.910. The lowest BCUT2D eigenvalue weighted by Gasteiger charge is -2.29. The minimum absolute atomic E-state index is 0.0158. The van der Waals surface area contributed by atoms with Crippen LogP contribution < -0.4 is 0 Å². The molecule has 106 valence electrons. The molecule has 0 atom stereocenters. The van der Waals surface area contributed by atoms with Gasteiger partial charge in [-0.2, -0.15) is 0 Å². The number of halogens is 1. The van der Waals surface area contributed by atoms with Gasteiger partial charge in [0.05, 0.1) is 9.21 Å². The highest BCUT2D eigenvalue weighted by Gasteiger charge is 2.23. The molecule has 2 heterocycles. The first-order valence-electron chi connectivity index (χ1n) is 6.60. The highest BCUT2D eigenvalue weighted by atomic mass is 35.5. The highest BCUT2D eigenvalue weighted by molar-refractivity contribution is 7.23. The summed E-state index contributed by atoms with van der Waals surface area (Å²) in [6, 6.07) is 3.80. The fourth-order valence-electron chi connectivity index (χ4n) is 2.26. The van der Waals surface area contributed by atoms with E-state index in [-0.39, 0.29) is 5.91 Å². The SMILES string of the molecule is CN(CC1CCC1)C(=O)c1csc(-c2ccc(Cl)s2)n1. The fraction of sp³-hybridized carbons (Fsp3) is 0.429. The predicted octanol–water partition coefficient (Wildman–Crippen LogP) is 4.40. The molecule has 0 spiro atoms. The Balaban J connectivity index is 1.70. The maximum absolute atomic E-state index is 12.3. The third kappa shape index (κ3) is 2.90. The molecule has 3 rings (SSSR count). The number of thiazole rings is 1. The molecular formula is C14H15ClN2OS2. The van der Waals surface area contributed by atoms with Crippen LogP contribution >= 0.6 is 34.3 Å². The first kappa shape index (κ1) is 14.0. The van der Waals surface area contributed by atoms with E-state index in [0.29, 0.717) is 11.6 Å². The first-order chi connectivity index (χ1) is 9.63. The number of aromatic nitrogens is 1. The van der Waals surface area contributed by atoms with Crippen molar-refractivity contribution in [2.24, 2.45) is 5.92 Å². The Bertz CT molecular complexity index is 618. The Kier molecular flexibility index (Phi) is 4.10. The van der Waals surface area contributed by atoms with Crippen molar-refractivity contribution in [1.82, 2.24) is 9.88 Å². The van der Waals surface area contributed by atoms with Gasteiger partial charge >= 0.3 is 0 Å². The fourth-order valence-corrected chi connectivity index (χ4v) is 4.16. The number of amides is 1. The van der Waals surface area contributed by atoms with Crippen molar-refractivity contribution in [3.8, 4) is 9.88 Å². The molecule has 0 saturated heterocycles. The van der Waals surface area contributed by atoms with Gasteiger partial charge in [-0.3, -0.25) is 4.79 Å². The van der Waals surface area contributed by atoms with Gasteiger partial charge in [-0.15, -0.1) is 22.7 Å². The van der Waals surface area contributed by atoms with Crippen LogP contribution in [0.25, 0.3) is 9.88 Å². The van der Waals surface area contributed by atoms with E-state index < -0.39 is 0 Å². The second-order valence-electron chi connectivity index (χ2n) is 5.12. The van der Waals surface area contributed by atoms with Crippen LogP contribution in [-0.2, 0) is 0 Å². The van der Waals surface area contributed by atoms with Crippen molar-refractivity contribution >= 4 is 40.2 Å². The molecule has 1 aliphatic rings. The zero-order valence-corrected chi connectivity index (χ0v) is 13.5. The summed E-state index contributed by atoms with van der Waals surface area (Å²) in [6.07, 6.45) is 3.79. The van der Waals surface area contributed by atoms with Gasteiger partial charge in [-0.1, -0.05) is 18.0 Å². The van der Waals surface area contributed by atoms with Crippen molar-refractivity contribution in [3.05, 3.63) is 27.5 Å². The van der Waals surface area contributed by atoms with Crippen LogP contribution in [0.5, 0.6) is 0 Å². The van der Waals surface area contributed by atoms with Crippen LogP contribution in [0.2, 0.25) is 4.34 Å². The van der Waals surface area contributed by atoms with Crippen LogP contribution in [0.1, 0.15) is 29.8 Å². The standard InChI is InChI=1S/C14H15ClN2OS2/c1-17(7-9-3-2-4-9)14(18)10-8-19-13(16-10)11-5-6-12(15)20-11/h5-6,8-9H,2-4,7H2,1H3. The van der Waals surface area contributed by atoms with Gasteiger partial charge in [-0.25, -0.2) is 4.98 Å². The number of carbonyl (C=O) groups excluding carboxylic acids is 1. The molecule has 0 aliphatic heterocycles. The zero-order chi connectivity index (χ0) is 14.1. The predicted molar refractivity (Wildman–Crippen MR) is 84.7 cm³/mol. The van der Waals surface area contributed by atoms with Gasteiger partial charge in [-0.05, 0) is 30.9 Å². The molecule has 0 radical (unpaired) electrons. The lowest BCUT2D eigenvalue weighted by Crippen LogP contribution is -2.34. The minimum Gasteiger partial charge on any atom is -0.340 e. The van der Waals surface area contributed by atoms with Crippen LogP contribution in [0.3, 0.4) is 0 Å². The number of nitrogens with zero attached hydrogens (tertiary/aromatic N) is 2. The molecule has 1 saturated carbocycles. The molecule has 1 aliphatic carbocycles. The molecule has 2 aromatic heterocycles. The van der Waals surface area contributed by atoms with E-state index in [0.717, 1.165) is 20.8 Å². The van der Waals surface area contributed by atoms with Crippen LogP contribution in [0.4, 0.5) is 0 Å². The highest BCUT2D eigenvalue weighted by Crippen LogP contribution is 2.33. The van der Waals surface area contributed by atoms with E-state index in [1.165, 1.54) is 41.9 Å². The summed E-state index contributed by atoms with van der Waals surface area (Å²) >= 11 is 8.91. The van der Waals surface area contributed by atoms with Gasteiger partial charge in [0, 0.05) is 19.0 Å². The normalized spacial score (nSPS) is 15.1. The van der Waals surface area contributed by atoms with E-state index in [9.17, 15) is 4.79 Å². The summed E-state index contributed by atoms with van der Waals surface area (Å²) < 4.78 is 0.741. The first-order valence-corrected chi connectivity index (χ1v) is 8.67. The molecule has 0 bridgehead atoms. The number of hydrogen-bond donors (Lipinski definition) is 0. The summed E-state index contributed by atoms with van der Waals surface area (Å²) in [4.78, 5) is 19.6. The molecule has 20 heavy (non-hydrogen) atoms. The summed E-state index contributed by atoms with van der Waals surface area (Å²) in [7, 11) is 1.86. The second-order valence-corrected chi connectivity index (χ2v) is 7.70. The van der Waals surface area contributed by atoms with Crippen molar-refractivity contribution in [3.63, 3.8) is 0 Å². The summed E-state index contributed by atoms with van der Waals surface area (Å²) in [5.41, 5.74) is 0.538. The van der Waals surface area contributed by atoms with E-state index in [4.69, 9.17) is 11.6 Å². The molecule has 0 N–H and O–H groups in total. The molecular weight excluding hydrogens is 312 g/mol. The topological polar surface area (TPSA) is 33.2 Å². The second kappa shape index (κ2) is 5.84. The van der Waals surface area contributed by atoms with Crippen molar-refractivity contribution in [2.75, 3.05) is 13.6 Å². The smallest absolute Gasteiger partial charge is 0.273 e. The molecule has 0 aromatic carbocycles. The third-order valence-electron chi connectivity index (χ3n) is 3.61. The lowest BCUT2D eigenvalue weighted by molar-refractivity contribution is 0.0740. The van der Waals surface area contributed by atoms with Crippen LogP contribution in [-0.4, -0.2) is 29.4 Å². The maximum atomic E-state index is 12.3. The van der Waals surface area contributed by atoms with E-state index >= 15 is 0 Å². The summed E-state index contributed by atoms with van der Waals surface area (Å²) in [5, 5.41) is 2.70. The Morgan fingerprint density at radius 1 is 1.50 bits per heavy atom. The molecule has 0 unspecified atom stereocenters. The minimum atomic E-state index is 0.0158. The zero-order valence-electron chi connectivity index (χ0n) is 11.1. The average Bonchev–Trinajstić information content (AvgIpc) is 3.01. The Morgan fingerprint density at radius 2 is 2.30 bits per heavy atom. The molecule has 1 fully saturated rings. The molecule has 3 nitrogen and oxygen atoms in total. The van der Waals surface area contributed by atoms with Gasteiger partial charge in [0.1, 0.15) is 10.7 Å². The summed E-state index contributed by atoms with van der Waals surface area (Å²) in [6.45, 7) is 0.844. The number of carbonyl (C=O) groups is 1. The Morgan fingerprint density at radius 3 is 2.90 bits per heavy atom. The molecule has 1 amide bonds. The quantitative estimate of drug-likeness (QED) is 0.834. The average molecular weight is 327 g/mol. The van der Waals surface area contributed by atoms with Crippen LogP contribution in [0.15, 0.2) is 17.5 Å². The van der Waals surface area contributed by atoms with E-state index in [1.54, 1.807) is 4.90 Å².